The number of nitrogens with one attached hydrogen (secondary N) is 2. The molecule has 0 aliphatic carbocycles. The van der Waals surface area contributed by atoms with E-state index >= 15 is 0 Å². The Kier molecular flexibility index (Phi) is 6.25. The third kappa shape index (κ3) is 5.60. The molecule has 0 saturated heterocycles. The monoisotopic (exact) mass is 375 g/mol. The molecule has 5 nitrogen and oxygen atoms in total. The van der Waals surface area contributed by atoms with Gasteiger partial charge in [-0.2, -0.15) is 0 Å². The SMILES string of the molecule is O=C(/C=C/c1cccc(F)c1)Nc1cccc(CNC(=O)c2cccnc2)c1. The first kappa shape index (κ1) is 19.0. The Balaban J connectivity index is 1.57. The summed E-state index contributed by atoms with van der Waals surface area (Å²) in [6.45, 7) is 0.316. The normalized spacial score (nSPS) is 10.6. The van der Waals surface area contributed by atoms with Crippen LogP contribution >= 0.6 is 0 Å². The van der Waals surface area contributed by atoms with E-state index in [0.29, 0.717) is 23.4 Å². The quantitative estimate of drug-likeness (QED) is 0.644. The van der Waals surface area contributed by atoms with Crippen molar-refractivity contribution in [3.8, 4) is 0 Å². The van der Waals surface area contributed by atoms with Gasteiger partial charge in [0.1, 0.15) is 5.82 Å². The number of benzene rings is 2. The summed E-state index contributed by atoms with van der Waals surface area (Å²) in [5.41, 5.74) is 2.52. The predicted octanol–water partition coefficient (Wildman–Crippen LogP) is 3.80. The molecule has 3 aromatic rings. The Morgan fingerprint density at radius 3 is 2.68 bits per heavy atom. The highest BCUT2D eigenvalue weighted by atomic mass is 19.1. The molecule has 0 fully saturated rings. The maximum atomic E-state index is 13.2. The van der Waals surface area contributed by atoms with Gasteiger partial charge in [-0.25, -0.2) is 4.39 Å². The van der Waals surface area contributed by atoms with Crippen LogP contribution in [0.2, 0.25) is 0 Å². The van der Waals surface area contributed by atoms with Gasteiger partial charge in [0.25, 0.3) is 5.91 Å². The fourth-order valence-corrected chi connectivity index (χ4v) is 2.51. The summed E-state index contributed by atoms with van der Waals surface area (Å²) in [6.07, 6.45) is 5.98. The maximum absolute atomic E-state index is 13.2. The second-order valence-corrected chi connectivity index (χ2v) is 6.00. The van der Waals surface area contributed by atoms with Crippen LogP contribution in [0.4, 0.5) is 10.1 Å². The van der Waals surface area contributed by atoms with E-state index in [9.17, 15) is 14.0 Å². The average Bonchev–Trinajstić information content (AvgIpc) is 2.71. The Morgan fingerprint density at radius 2 is 1.89 bits per heavy atom. The number of hydrogen-bond donors (Lipinski definition) is 2. The molecule has 28 heavy (non-hydrogen) atoms. The minimum absolute atomic E-state index is 0.222. The molecule has 0 saturated carbocycles. The average molecular weight is 375 g/mol. The van der Waals surface area contributed by atoms with Crippen molar-refractivity contribution >= 4 is 23.6 Å². The lowest BCUT2D eigenvalue weighted by atomic mass is 10.2. The molecule has 2 N–H and O–H groups in total. The van der Waals surface area contributed by atoms with Gasteiger partial charge in [-0.05, 0) is 53.6 Å². The summed E-state index contributed by atoms with van der Waals surface area (Å²) >= 11 is 0. The van der Waals surface area contributed by atoms with Crippen LogP contribution < -0.4 is 10.6 Å². The van der Waals surface area contributed by atoms with Crippen molar-refractivity contribution < 1.29 is 14.0 Å². The molecule has 0 aliphatic heterocycles. The molecule has 0 bridgehead atoms. The van der Waals surface area contributed by atoms with E-state index in [1.54, 1.807) is 48.7 Å². The Hall–Kier alpha value is -3.80. The molecule has 1 aromatic heterocycles. The van der Waals surface area contributed by atoms with Gasteiger partial charge in [0, 0.05) is 30.7 Å². The number of halogens is 1. The second-order valence-electron chi connectivity index (χ2n) is 6.00. The smallest absolute Gasteiger partial charge is 0.253 e. The molecule has 140 valence electrons. The molecule has 0 radical (unpaired) electrons. The summed E-state index contributed by atoms with van der Waals surface area (Å²) in [7, 11) is 0. The van der Waals surface area contributed by atoms with E-state index in [-0.39, 0.29) is 17.6 Å². The first-order chi connectivity index (χ1) is 13.6. The van der Waals surface area contributed by atoms with Crippen LogP contribution in [0.25, 0.3) is 6.08 Å². The van der Waals surface area contributed by atoms with Crippen LogP contribution in [-0.4, -0.2) is 16.8 Å². The first-order valence-electron chi connectivity index (χ1n) is 8.62. The van der Waals surface area contributed by atoms with Gasteiger partial charge in [0.2, 0.25) is 5.91 Å². The van der Waals surface area contributed by atoms with Crippen molar-refractivity contribution in [3.05, 3.63) is 102 Å². The molecule has 2 amide bonds. The van der Waals surface area contributed by atoms with Crippen LogP contribution in [0.1, 0.15) is 21.5 Å². The summed E-state index contributed by atoms with van der Waals surface area (Å²) < 4.78 is 13.2. The maximum Gasteiger partial charge on any atom is 0.253 e. The minimum Gasteiger partial charge on any atom is -0.348 e. The number of hydrogen-bond acceptors (Lipinski definition) is 3. The van der Waals surface area contributed by atoms with Gasteiger partial charge >= 0.3 is 0 Å². The molecule has 0 spiro atoms. The Morgan fingerprint density at radius 1 is 1.04 bits per heavy atom. The fraction of sp³-hybridized carbons (Fsp3) is 0.0455. The van der Waals surface area contributed by atoms with Crippen molar-refractivity contribution in [1.29, 1.82) is 0 Å². The summed E-state index contributed by atoms with van der Waals surface area (Å²) in [6, 6.07) is 16.5. The number of anilines is 1. The first-order valence-corrected chi connectivity index (χ1v) is 8.62. The third-order valence-electron chi connectivity index (χ3n) is 3.85. The van der Waals surface area contributed by atoms with Gasteiger partial charge in [-0.15, -0.1) is 0 Å². The molecule has 0 unspecified atom stereocenters. The Bertz CT molecular complexity index is 1000. The molecule has 6 heteroatoms. The molecule has 3 rings (SSSR count). The van der Waals surface area contributed by atoms with E-state index in [1.807, 2.05) is 6.07 Å². The highest BCUT2D eigenvalue weighted by Gasteiger charge is 2.05. The predicted molar refractivity (Wildman–Crippen MR) is 106 cm³/mol. The van der Waals surface area contributed by atoms with Gasteiger partial charge in [-0.3, -0.25) is 14.6 Å². The number of nitrogens with zero attached hydrogens (tertiary/aromatic N) is 1. The number of rotatable bonds is 6. The van der Waals surface area contributed by atoms with E-state index < -0.39 is 0 Å². The van der Waals surface area contributed by atoms with Gasteiger partial charge in [0.05, 0.1) is 5.56 Å². The standard InChI is InChI=1S/C22H18FN3O2/c23-19-7-1-4-16(12-19)9-10-21(27)26-20-8-2-5-17(13-20)14-25-22(28)18-6-3-11-24-15-18/h1-13,15H,14H2,(H,25,28)(H,26,27)/b10-9+. The Labute approximate surface area is 161 Å². The van der Waals surface area contributed by atoms with Gasteiger partial charge in [0.15, 0.2) is 0 Å². The zero-order valence-corrected chi connectivity index (χ0v) is 14.9. The number of carbonyl (C=O) groups excluding carboxylic acids is 2. The molecule has 2 aromatic carbocycles. The zero-order valence-electron chi connectivity index (χ0n) is 14.9. The van der Waals surface area contributed by atoms with E-state index in [1.165, 1.54) is 30.5 Å². The highest BCUT2D eigenvalue weighted by molar-refractivity contribution is 6.02. The van der Waals surface area contributed by atoms with Crippen molar-refractivity contribution in [2.24, 2.45) is 0 Å². The van der Waals surface area contributed by atoms with Gasteiger partial charge < -0.3 is 10.6 Å². The largest absolute Gasteiger partial charge is 0.348 e. The summed E-state index contributed by atoms with van der Waals surface area (Å²) in [5.74, 6) is -0.912. The molecule has 1 heterocycles. The second kappa shape index (κ2) is 9.23. The van der Waals surface area contributed by atoms with Crippen molar-refractivity contribution in [2.75, 3.05) is 5.32 Å². The molecular formula is C22H18FN3O2. The lowest BCUT2D eigenvalue weighted by molar-refractivity contribution is -0.111. The molecular weight excluding hydrogens is 357 g/mol. The van der Waals surface area contributed by atoms with E-state index in [0.717, 1.165) is 5.56 Å². The summed E-state index contributed by atoms with van der Waals surface area (Å²) in [4.78, 5) is 28.0. The van der Waals surface area contributed by atoms with Crippen LogP contribution in [0.15, 0.2) is 79.1 Å². The topological polar surface area (TPSA) is 71.1 Å². The van der Waals surface area contributed by atoms with Crippen molar-refractivity contribution in [3.63, 3.8) is 0 Å². The number of pyridine rings is 1. The minimum atomic E-state index is -0.358. The fourth-order valence-electron chi connectivity index (χ4n) is 2.51. The van der Waals surface area contributed by atoms with Crippen LogP contribution in [-0.2, 0) is 11.3 Å². The van der Waals surface area contributed by atoms with Crippen molar-refractivity contribution in [1.82, 2.24) is 10.3 Å². The van der Waals surface area contributed by atoms with Gasteiger partial charge in [-0.1, -0.05) is 24.3 Å². The van der Waals surface area contributed by atoms with Crippen LogP contribution in [0.3, 0.4) is 0 Å². The summed E-state index contributed by atoms with van der Waals surface area (Å²) in [5, 5.41) is 5.55. The van der Waals surface area contributed by atoms with Crippen LogP contribution in [0.5, 0.6) is 0 Å². The van der Waals surface area contributed by atoms with E-state index in [2.05, 4.69) is 15.6 Å². The molecule has 0 atom stereocenters. The third-order valence-corrected chi connectivity index (χ3v) is 3.85. The highest BCUT2D eigenvalue weighted by Crippen LogP contribution is 2.12. The lowest BCUT2D eigenvalue weighted by Gasteiger charge is -2.08. The van der Waals surface area contributed by atoms with Crippen LogP contribution in [0, 0.1) is 5.82 Å². The van der Waals surface area contributed by atoms with E-state index in [4.69, 9.17) is 0 Å². The number of aromatic nitrogens is 1. The lowest BCUT2D eigenvalue weighted by Crippen LogP contribution is -2.22. The molecule has 0 aliphatic rings. The zero-order chi connectivity index (χ0) is 19.8. The van der Waals surface area contributed by atoms with Crippen molar-refractivity contribution in [2.45, 2.75) is 6.54 Å². The number of carbonyl (C=O) groups is 2. The number of amides is 2.